The van der Waals surface area contributed by atoms with E-state index in [9.17, 15) is 9.90 Å². The largest absolute Gasteiger partial charge is 0.497 e. The van der Waals surface area contributed by atoms with Crippen LogP contribution in [0.3, 0.4) is 0 Å². The third kappa shape index (κ3) is 3.19. The molecule has 1 aromatic heterocycles. The Morgan fingerprint density at radius 3 is 2.87 bits per heavy atom. The Kier molecular flexibility index (Phi) is 4.57. The summed E-state index contributed by atoms with van der Waals surface area (Å²) in [5, 5.41) is 10.5. The number of likely N-dealkylation sites (tertiary alicyclic amines) is 1. The SMILES string of the molecule is COc1cccc(C(O)C(=O)N2CCCC2c2ccncc2)c1. The molecule has 120 valence electrons. The number of nitrogens with zero attached hydrogens (tertiary/aromatic N) is 2. The molecule has 0 radical (unpaired) electrons. The van der Waals surface area contributed by atoms with Gasteiger partial charge in [0, 0.05) is 18.9 Å². The molecule has 0 bridgehead atoms. The van der Waals surface area contributed by atoms with Gasteiger partial charge >= 0.3 is 0 Å². The van der Waals surface area contributed by atoms with Crippen molar-refractivity contribution in [3.05, 3.63) is 59.9 Å². The smallest absolute Gasteiger partial charge is 0.256 e. The average molecular weight is 312 g/mol. The standard InChI is InChI=1S/C18H20N2O3/c1-23-15-5-2-4-14(12-15)17(21)18(22)20-11-3-6-16(20)13-7-9-19-10-8-13/h2,4-5,7-10,12,16-17,21H,3,6,11H2,1H3. The minimum absolute atomic E-state index is 0.00533. The summed E-state index contributed by atoms with van der Waals surface area (Å²) in [6, 6.07) is 10.8. The molecular weight excluding hydrogens is 292 g/mol. The predicted octanol–water partition coefficient (Wildman–Crippen LogP) is 2.49. The monoisotopic (exact) mass is 312 g/mol. The first-order chi connectivity index (χ1) is 11.2. The number of aliphatic hydroxyl groups is 1. The molecule has 23 heavy (non-hydrogen) atoms. The molecule has 0 spiro atoms. The number of carbonyl (C=O) groups is 1. The zero-order chi connectivity index (χ0) is 16.2. The zero-order valence-electron chi connectivity index (χ0n) is 13.1. The van der Waals surface area contributed by atoms with Gasteiger partial charge in [-0.2, -0.15) is 0 Å². The van der Waals surface area contributed by atoms with Crippen LogP contribution < -0.4 is 4.74 Å². The topological polar surface area (TPSA) is 62.7 Å². The van der Waals surface area contributed by atoms with Crippen molar-refractivity contribution in [3.63, 3.8) is 0 Å². The maximum atomic E-state index is 12.7. The molecule has 1 aliphatic rings. The number of aliphatic hydroxyl groups excluding tert-OH is 1. The molecule has 1 amide bonds. The van der Waals surface area contributed by atoms with Crippen LogP contribution in [0.2, 0.25) is 0 Å². The van der Waals surface area contributed by atoms with Crippen molar-refractivity contribution in [1.82, 2.24) is 9.88 Å². The van der Waals surface area contributed by atoms with Crippen LogP contribution in [0, 0.1) is 0 Å². The molecule has 3 rings (SSSR count). The highest BCUT2D eigenvalue weighted by molar-refractivity contribution is 5.83. The highest BCUT2D eigenvalue weighted by Gasteiger charge is 2.33. The molecule has 2 aromatic rings. The molecule has 5 heteroatoms. The Balaban J connectivity index is 1.81. The van der Waals surface area contributed by atoms with Gasteiger partial charge in [0.1, 0.15) is 5.75 Å². The third-order valence-corrected chi connectivity index (χ3v) is 4.27. The molecule has 2 unspecified atom stereocenters. The Morgan fingerprint density at radius 1 is 1.35 bits per heavy atom. The number of pyridine rings is 1. The summed E-state index contributed by atoms with van der Waals surface area (Å²) in [5.74, 6) is 0.360. The van der Waals surface area contributed by atoms with Crippen LogP contribution in [0.5, 0.6) is 5.75 Å². The van der Waals surface area contributed by atoms with Crippen molar-refractivity contribution in [2.45, 2.75) is 25.0 Å². The highest BCUT2D eigenvalue weighted by atomic mass is 16.5. The molecule has 1 aliphatic heterocycles. The highest BCUT2D eigenvalue weighted by Crippen LogP contribution is 2.34. The lowest BCUT2D eigenvalue weighted by Gasteiger charge is -2.27. The van der Waals surface area contributed by atoms with E-state index < -0.39 is 6.10 Å². The number of amides is 1. The molecule has 1 N–H and O–H groups in total. The van der Waals surface area contributed by atoms with Crippen molar-refractivity contribution < 1.29 is 14.6 Å². The fraction of sp³-hybridized carbons (Fsp3) is 0.333. The number of aromatic nitrogens is 1. The average Bonchev–Trinajstić information content (AvgIpc) is 3.11. The van der Waals surface area contributed by atoms with Crippen molar-refractivity contribution in [2.24, 2.45) is 0 Å². The number of hydrogen-bond acceptors (Lipinski definition) is 4. The van der Waals surface area contributed by atoms with Gasteiger partial charge in [-0.1, -0.05) is 12.1 Å². The van der Waals surface area contributed by atoms with Gasteiger partial charge in [0.2, 0.25) is 0 Å². The van der Waals surface area contributed by atoms with E-state index in [-0.39, 0.29) is 11.9 Å². The Labute approximate surface area is 135 Å². The third-order valence-electron chi connectivity index (χ3n) is 4.27. The van der Waals surface area contributed by atoms with Crippen LogP contribution in [0.4, 0.5) is 0 Å². The summed E-state index contributed by atoms with van der Waals surface area (Å²) in [7, 11) is 1.56. The number of ether oxygens (including phenoxy) is 1. The van der Waals surface area contributed by atoms with Crippen LogP contribution in [0.1, 0.15) is 36.1 Å². The van der Waals surface area contributed by atoms with Crippen LogP contribution in [0.15, 0.2) is 48.8 Å². The van der Waals surface area contributed by atoms with Crippen LogP contribution in [0.25, 0.3) is 0 Å². The number of carbonyl (C=O) groups excluding carboxylic acids is 1. The molecule has 5 nitrogen and oxygen atoms in total. The Hall–Kier alpha value is -2.40. The van der Waals surface area contributed by atoms with Gasteiger partial charge < -0.3 is 14.7 Å². The summed E-state index contributed by atoms with van der Waals surface area (Å²) >= 11 is 0. The maximum absolute atomic E-state index is 12.7. The van der Waals surface area contributed by atoms with Crippen molar-refractivity contribution >= 4 is 5.91 Å². The second-order valence-electron chi connectivity index (χ2n) is 5.65. The minimum Gasteiger partial charge on any atom is -0.497 e. The minimum atomic E-state index is -1.17. The summed E-state index contributed by atoms with van der Waals surface area (Å²) in [6.45, 7) is 0.660. The summed E-state index contributed by atoms with van der Waals surface area (Å²) in [5.41, 5.74) is 1.61. The van der Waals surface area contributed by atoms with Gasteiger partial charge in [-0.25, -0.2) is 0 Å². The molecule has 1 saturated heterocycles. The van der Waals surface area contributed by atoms with E-state index in [1.807, 2.05) is 12.1 Å². The van der Waals surface area contributed by atoms with E-state index in [0.717, 1.165) is 18.4 Å². The van der Waals surface area contributed by atoms with E-state index >= 15 is 0 Å². The van der Waals surface area contributed by atoms with E-state index in [4.69, 9.17) is 4.74 Å². The molecule has 2 atom stereocenters. The van der Waals surface area contributed by atoms with Gasteiger partial charge in [0.05, 0.1) is 13.2 Å². The van der Waals surface area contributed by atoms with Crippen molar-refractivity contribution in [3.8, 4) is 5.75 Å². The lowest BCUT2D eigenvalue weighted by atomic mass is 10.0. The molecule has 1 aromatic carbocycles. The van der Waals surface area contributed by atoms with Gasteiger partial charge in [-0.15, -0.1) is 0 Å². The normalized spacial score (nSPS) is 18.7. The Morgan fingerprint density at radius 2 is 2.13 bits per heavy atom. The van der Waals surface area contributed by atoms with Gasteiger partial charge in [-0.3, -0.25) is 9.78 Å². The van der Waals surface area contributed by atoms with Crippen molar-refractivity contribution in [1.29, 1.82) is 0 Å². The second-order valence-corrected chi connectivity index (χ2v) is 5.65. The Bertz CT molecular complexity index is 675. The lowest BCUT2D eigenvalue weighted by Crippen LogP contribution is -2.34. The first-order valence-corrected chi connectivity index (χ1v) is 7.73. The van der Waals surface area contributed by atoms with Crippen molar-refractivity contribution in [2.75, 3.05) is 13.7 Å². The number of methoxy groups -OCH3 is 1. The fourth-order valence-electron chi connectivity index (χ4n) is 3.07. The zero-order valence-corrected chi connectivity index (χ0v) is 13.1. The summed E-state index contributed by atoms with van der Waals surface area (Å²) in [4.78, 5) is 18.5. The van der Waals surface area contributed by atoms with Crippen LogP contribution in [-0.2, 0) is 4.79 Å². The van der Waals surface area contributed by atoms with Crippen LogP contribution >= 0.6 is 0 Å². The maximum Gasteiger partial charge on any atom is 0.256 e. The quantitative estimate of drug-likeness (QED) is 0.942. The predicted molar refractivity (Wildman–Crippen MR) is 85.9 cm³/mol. The molecular formula is C18H20N2O3. The number of rotatable bonds is 4. The first-order valence-electron chi connectivity index (χ1n) is 7.73. The molecule has 1 fully saturated rings. The van der Waals surface area contributed by atoms with E-state index in [1.165, 1.54) is 0 Å². The van der Waals surface area contributed by atoms with Gasteiger partial charge in [0.25, 0.3) is 5.91 Å². The van der Waals surface area contributed by atoms with E-state index in [2.05, 4.69) is 4.98 Å². The van der Waals surface area contributed by atoms with Crippen LogP contribution in [-0.4, -0.2) is 34.6 Å². The summed E-state index contributed by atoms with van der Waals surface area (Å²) < 4.78 is 5.16. The molecule has 0 saturated carbocycles. The van der Waals surface area contributed by atoms with E-state index in [0.29, 0.717) is 17.9 Å². The van der Waals surface area contributed by atoms with Gasteiger partial charge in [0.15, 0.2) is 6.10 Å². The van der Waals surface area contributed by atoms with E-state index in [1.54, 1.807) is 48.7 Å². The number of hydrogen-bond donors (Lipinski definition) is 1. The lowest BCUT2D eigenvalue weighted by molar-refractivity contribution is -0.141. The summed E-state index contributed by atoms with van der Waals surface area (Å²) in [6.07, 6.45) is 4.13. The van der Waals surface area contributed by atoms with Gasteiger partial charge in [-0.05, 0) is 48.2 Å². The second kappa shape index (κ2) is 6.79. The molecule has 0 aliphatic carbocycles. The number of benzene rings is 1. The molecule has 2 heterocycles. The first kappa shape index (κ1) is 15.5. The fourth-order valence-corrected chi connectivity index (χ4v) is 3.07.